The van der Waals surface area contributed by atoms with Crippen LogP contribution in [0, 0.1) is 10.1 Å². The van der Waals surface area contributed by atoms with Crippen molar-refractivity contribution in [2.75, 3.05) is 13.2 Å². The largest absolute Gasteiger partial charge is 0.508 e. The number of phenols is 1. The molecule has 0 aliphatic rings. The second kappa shape index (κ2) is 11.1. The first-order valence-corrected chi connectivity index (χ1v) is 4.42. The van der Waals surface area contributed by atoms with Crippen LogP contribution >= 0.6 is 0 Å². The number of hydrogen-bond donors (Lipinski definition) is 5. The molecule has 102 valence electrons. The molecule has 9 heteroatoms. The van der Waals surface area contributed by atoms with Crippen molar-refractivity contribution in [3.05, 3.63) is 34.4 Å². The molecule has 0 unspecified atom stereocenters. The zero-order valence-corrected chi connectivity index (χ0v) is 9.13. The van der Waals surface area contributed by atoms with Crippen LogP contribution in [0.15, 0.2) is 24.3 Å². The van der Waals surface area contributed by atoms with Gasteiger partial charge in [0.2, 0.25) is 0 Å². The Hall–Kier alpha value is -2.39. The van der Waals surface area contributed by atoms with E-state index in [0.29, 0.717) is 0 Å². The van der Waals surface area contributed by atoms with E-state index in [2.05, 4.69) is 0 Å². The van der Waals surface area contributed by atoms with Crippen molar-refractivity contribution in [1.82, 2.24) is 0 Å². The Morgan fingerprint density at radius 3 is 1.67 bits per heavy atom. The number of nitrogens with zero attached hydrogens (tertiary/aromatic N) is 1. The lowest BCUT2D eigenvalue weighted by Crippen LogP contribution is -1.85. The molecule has 1 aromatic rings. The number of aromatic hydroxyl groups is 1. The van der Waals surface area contributed by atoms with Gasteiger partial charge in [-0.25, -0.2) is 4.79 Å². The lowest BCUT2D eigenvalue weighted by Gasteiger charge is -1.89. The molecule has 0 radical (unpaired) electrons. The molecule has 0 atom stereocenters. The highest BCUT2D eigenvalue weighted by atomic mass is 16.6. The van der Waals surface area contributed by atoms with Crippen LogP contribution in [0.5, 0.6) is 5.75 Å². The van der Waals surface area contributed by atoms with Crippen molar-refractivity contribution >= 4 is 11.8 Å². The minimum Gasteiger partial charge on any atom is -0.508 e. The molecule has 0 bridgehead atoms. The molecule has 0 saturated carbocycles. The molecule has 0 aromatic heterocycles. The summed E-state index contributed by atoms with van der Waals surface area (Å²) in [6.45, 7) is -0.250. The highest BCUT2D eigenvalue weighted by Gasteiger charge is 2.01. The van der Waals surface area contributed by atoms with E-state index < -0.39 is 11.1 Å². The molecule has 18 heavy (non-hydrogen) atoms. The number of rotatable bonds is 2. The molecular formula is C9H13NO8. The van der Waals surface area contributed by atoms with Gasteiger partial charge < -0.3 is 25.5 Å². The van der Waals surface area contributed by atoms with Crippen molar-refractivity contribution in [2.24, 2.45) is 0 Å². The van der Waals surface area contributed by atoms with E-state index in [1.165, 1.54) is 24.3 Å². The van der Waals surface area contributed by atoms with Crippen LogP contribution in [0.3, 0.4) is 0 Å². The Bertz CT molecular complexity index is 344. The third-order valence-corrected chi connectivity index (χ3v) is 1.16. The van der Waals surface area contributed by atoms with Crippen molar-refractivity contribution in [1.29, 1.82) is 0 Å². The number of aliphatic hydroxyl groups excluding tert-OH is 2. The second-order valence-electron chi connectivity index (χ2n) is 2.50. The van der Waals surface area contributed by atoms with E-state index in [1.54, 1.807) is 0 Å². The van der Waals surface area contributed by atoms with Gasteiger partial charge in [0.25, 0.3) is 5.69 Å². The summed E-state index contributed by atoms with van der Waals surface area (Å²) < 4.78 is 0. The molecule has 0 spiro atoms. The number of nitro groups is 1. The van der Waals surface area contributed by atoms with E-state index in [9.17, 15) is 10.1 Å². The maximum atomic E-state index is 10.0. The minimum absolute atomic E-state index is 0.0159. The predicted molar refractivity (Wildman–Crippen MR) is 59.6 cm³/mol. The zero-order valence-electron chi connectivity index (χ0n) is 9.13. The van der Waals surface area contributed by atoms with E-state index in [0.717, 1.165) is 0 Å². The van der Waals surface area contributed by atoms with Gasteiger partial charge in [-0.3, -0.25) is 10.1 Å². The summed E-state index contributed by atoms with van der Waals surface area (Å²) in [7, 11) is 0. The summed E-state index contributed by atoms with van der Waals surface area (Å²) in [5.41, 5.74) is -0.0159. The van der Waals surface area contributed by atoms with Gasteiger partial charge in [0.15, 0.2) is 0 Å². The Morgan fingerprint density at radius 1 is 1.11 bits per heavy atom. The van der Waals surface area contributed by atoms with Crippen molar-refractivity contribution in [2.45, 2.75) is 0 Å². The van der Waals surface area contributed by atoms with E-state index in [4.69, 9.17) is 30.3 Å². The van der Waals surface area contributed by atoms with Gasteiger partial charge in [0.1, 0.15) is 5.75 Å². The molecule has 1 rings (SSSR count). The fourth-order valence-electron chi connectivity index (χ4n) is 0.574. The number of carbonyl (C=O) groups is 1. The van der Waals surface area contributed by atoms with Crippen LogP contribution in [0.1, 0.15) is 0 Å². The maximum absolute atomic E-state index is 10.0. The summed E-state index contributed by atoms with van der Waals surface area (Å²) in [6.07, 6.45) is -1.83. The van der Waals surface area contributed by atoms with Crippen molar-refractivity contribution < 1.29 is 35.3 Å². The number of hydrogen-bond acceptors (Lipinski definition) is 6. The summed E-state index contributed by atoms with van der Waals surface area (Å²) in [4.78, 5) is 18.1. The molecule has 9 nitrogen and oxygen atoms in total. The van der Waals surface area contributed by atoms with Crippen LogP contribution in [0.2, 0.25) is 0 Å². The molecule has 0 aliphatic heterocycles. The Labute approximate surface area is 101 Å². The van der Waals surface area contributed by atoms with Crippen molar-refractivity contribution in [3.8, 4) is 5.75 Å². The van der Waals surface area contributed by atoms with Crippen LogP contribution in [-0.2, 0) is 0 Å². The standard InChI is InChI=1S/C6H5NO3.C2H6O2.CH2O3/c8-6-3-1-5(2-4-6)7(9)10;3-1-2-4;2-1(3)4/h1-4,8H;3-4H,1-2H2;(H2,2,3,4). The maximum Gasteiger partial charge on any atom is 0.503 e. The van der Waals surface area contributed by atoms with E-state index in [-0.39, 0.29) is 24.7 Å². The normalized spacial score (nSPS) is 8.11. The van der Waals surface area contributed by atoms with Crippen LogP contribution in [-0.4, -0.2) is 49.8 Å². The first-order chi connectivity index (χ1) is 8.34. The van der Waals surface area contributed by atoms with Crippen LogP contribution < -0.4 is 0 Å². The first kappa shape index (κ1) is 18.0. The number of carboxylic acid groups (broad SMARTS) is 2. The molecule has 5 N–H and O–H groups in total. The molecule has 0 amide bonds. The van der Waals surface area contributed by atoms with Gasteiger partial charge in [-0.15, -0.1) is 0 Å². The minimum atomic E-state index is -1.83. The molecule has 0 heterocycles. The zero-order chi connectivity index (χ0) is 14.6. The van der Waals surface area contributed by atoms with Crippen LogP contribution in [0.4, 0.5) is 10.5 Å². The molecule has 0 aliphatic carbocycles. The summed E-state index contributed by atoms with van der Waals surface area (Å²) in [5, 5.41) is 47.9. The average Bonchev–Trinajstić information content (AvgIpc) is 2.29. The molecule has 1 aromatic carbocycles. The van der Waals surface area contributed by atoms with Crippen molar-refractivity contribution in [3.63, 3.8) is 0 Å². The average molecular weight is 263 g/mol. The second-order valence-corrected chi connectivity index (χ2v) is 2.50. The SMILES string of the molecule is O=C(O)O.O=[N+]([O-])c1ccc(O)cc1.OCCO. The molecule has 0 saturated heterocycles. The fourth-order valence-corrected chi connectivity index (χ4v) is 0.574. The Balaban J connectivity index is 0. The van der Waals surface area contributed by atoms with Gasteiger partial charge in [-0.1, -0.05) is 0 Å². The van der Waals surface area contributed by atoms with E-state index >= 15 is 0 Å². The summed E-state index contributed by atoms with van der Waals surface area (Å²) >= 11 is 0. The number of aliphatic hydroxyl groups is 2. The molecule has 0 fully saturated rings. The number of nitro benzene ring substituents is 1. The number of benzene rings is 1. The van der Waals surface area contributed by atoms with Gasteiger partial charge in [0, 0.05) is 12.1 Å². The predicted octanol–water partition coefficient (Wildman–Crippen LogP) is 0.494. The topological polar surface area (TPSA) is 161 Å². The highest BCUT2D eigenvalue weighted by Crippen LogP contribution is 2.14. The quantitative estimate of drug-likeness (QED) is 0.380. The third-order valence-electron chi connectivity index (χ3n) is 1.16. The Morgan fingerprint density at radius 2 is 1.44 bits per heavy atom. The third kappa shape index (κ3) is 13.6. The van der Waals surface area contributed by atoms with Crippen LogP contribution in [0.25, 0.3) is 0 Å². The number of phenolic OH excluding ortho intramolecular Hbond substituents is 1. The van der Waals surface area contributed by atoms with Gasteiger partial charge in [0.05, 0.1) is 18.1 Å². The summed E-state index contributed by atoms with van der Waals surface area (Å²) in [6, 6.07) is 5.04. The highest BCUT2D eigenvalue weighted by molar-refractivity contribution is 5.53. The first-order valence-electron chi connectivity index (χ1n) is 4.42. The molecular weight excluding hydrogens is 250 g/mol. The monoisotopic (exact) mass is 263 g/mol. The lowest BCUT2D eigenvalue weighted by molar-refractivity contribution is -0.384. The van der Waals surface area contributed by atoms with E-state index in [1.807, 2.05) is 0 Å². The summed E-state index contributed by atoms with van der Waals surface area (Å²) in [5.74, 6) is 0.0330. The number of non-ortho nitro benzene ring substituents is 1. The smallest absolute Gasteiger partial charge is 0.503 e. The van der Waals surface area contributed by atoms with Gasteiger partial charge >= 0.3 is 6.16 Å². The van der Waals surface area contributed by atoms with Gasteiger partial charge in [-0.2, -0.15) is 0 Å². The fraction of sp³-hybridized carbons (Fsp3) is 0.222. The lowest BCUT2D eigenvalue weighted by atomic mass is 10.3. The van der Waals surface area contributed by atoms with Gasteiger partial charge in [-0.05, 0) is 12.1 Å². The Kier molecular flexibility index (Phi) is 11.1.